The number of amides is 2. The Morgan fingerprint density at radius 1 is 0.981 bits per heavy atom. The van der Waals surface area contributed by atoms with Crippen LogP contribution in [0.4, 0.5) is 18.3 Å². The summed E-state index contributed by atoms with van der Waals surface area (Å²) in [5, 5.41) is 16.7. The van der Waals surface area contributed by atoms with Gasteiger partial charge in [-0.05, 0) is 12.3 Å². The summed E-state index contributed by atoms with van der Waals surface area (Å²) in [5.41, 5.74) is -2.49. The van der Waals surface area contributed by atoms with E-state index in [2.05, 4.69) is 24.0 Å². The van der Waals surface area contributed by atoms with Gasteiger partial charge < -0.3 is 25.2 Å². The highest BCUT2D eigenvalue weighted by Crippen LogP contribution is 2.64. The van der Waals surface area contributed by atoms with E-state index in [0.29, 0.717) is 21.6 Å². The molecule has 2 aliphatic heterocycles. The summed E-state index contributed by atoms with van der Waals surface area (Å²) < 4.78 is 71.1. The predicted molar refractivity (Wildman–Crippen MR) is 176 cm³/mol. The minimum atomic E-state index is -6.24. The van der Waals surface area contributed by atoms with Crippen molar-refractivity contribution in [2.45, 2.75) is 35.5 Å². The summed E-state index contributed by atoms with van der Waals surface area (Å²) in [7, 11) is -6.24. The van der Waals surface area contributed by atoms with Gasteiger partial charge in [-0.2, -0.15) is 30.9 Å². The number of nitrogen functional groups attached to an aromatic ring is 1. The van der Waals surface area contributed by atoms with Gasteiger partial charge in [0.1, 0.15) is 6.04 Å². The highest BCUT2D eigenvalue weighted by molar-refractivity contribution is 7.87. The van der Waals surface area contributed by atoms with Gasteiger partial charge in [-0.15, -0.1) is 0 Å². The number of hydrogen-bond donors (Lipinski definition) is 3. The van der Waals surface area contributed by atoms with E-state index in [4.69, 9.17) is 10.6 Å². The van der Waals surface area contributed by atoms with Gasteiger partial charge in [0.2, 0.25) is 17.1 Å². The maximum absolute atomic E-state index is 14.1. The van der Waals surface area contributed by atoms with Crippen LogP contribution >= 0.6 is 11.5 Å². The average molecular weight is 755 g/mol. The number of hydrogen-bond acceptors (Lipinski definition) is 12. The second-order valence-electron chi connectivity index (χ2n) is 12.0. The van der Waals surface area contributed by atoms with Crippen molar-refractivity contribution in [2.75, 3.05) is 5.73 Å². The monoisotopic (exact) mass is 754 g/mol. The van der Waals surface area contributed by atoms with E-state index in [-0.39, 0.29) is 17.4 Å². The Hall–Kier alpha value is -5.82. The van der Waals surface area contributed by atoms with Crippen molar-refractivity contribution in [1.82, 2.24) is 19.6 Å². The number of halogens is 3. The topological polar surface area (TPSA) is 203 Å². The van der Waals surface area contributed by atoms with E-state index < -0.39 is 80.1 Å². The molecule has 1 aromatic heterocycles. The number of nitrogens with zero attached hydrogens (tertiary/aromatic N) is 4. The molecule has 14 nitrogen and oxygen atoms in total. The molecule has 3 atom stereocenters. The molecule has 19 heteroatoms. The van der Waals surface area contributed by atoms with Crippen LogP contribution in [-0.4, -0.2) is 68.4 Å². The van der Waals surface area contributed by atoms with E-state index in [1.807, 2.05) is 54.6 Å². The molecule has 7 rings (SSSR count). The fourth-order valence-corrected chi connectivity index (χ4v) is 7.69. The molecule has 1 spiro atoms. The number of aromatic nitrogens is 2. The molecular weight excluding hydrogens is 730 g/mol. The number of nitrogens with two attached hydrogens (primary N) is 1. The number of carbonyl (C=O) groups is 3. The molecule has 4 aromatic rings. The number of carboxylic acids is 1. The van der Waals surface area contributed by atoms with Crippen LogP contribution in [0.15, 0.2) is 108 Å². The number of aliphatic carboxylic acids is 1. The summed E-state index contributed by atoms with van der Waals surface area (Å²) in [4.78, 5) is 51.0. The summed E-state index contributed by atoms with van der Waals surface area (Å²) in [6.07, 6.45) is -0.543. The molecule has 1 saturated heterocycles. The van der Waals surface area contributed by atoms with E-state index in [0.717, 1.165) is 11.5 Å². The fraction of sp³-hybridized carbons (Fsp3) is 0.212. The Kier molecular flexibility index (Phi) is 8.29. The molecule has 3 aliphatic rings. The van der Waals surface area contributed by atoms with E-state index in [9.17, 15) is 41.1 Å². The highest BCUT2D eigenvalue weighted by Gasteiger charge is 2.78. The molecule has 1 unspecified atom stereocenters. The SMILES string of the molecule is Nc1nc(/C(=N/OC(c2ccccc2)(c2ccccc2)c2ccccc2)C(=O)N[C@@H]2C(=O)N3C(C(=O)O)=C(OS(=O)(=O)C(F)(F)F)C[C@@H]4CC423)ns1. The quantitative estimate of drug-likeness (QED) is 0.0505. The summed E-state index contributed by atoms with van der Waals surface area (Å²) in [6, 6.07) is 25.8. The number of carboxylic acid groups (broad SMARTS) is 1. The second kappa shape index (κ2) is 12.4. The van der Waals surface area contributed by atoms with Crippen LogP contribution in [-0.2, 0) is 39.1 Å². The van der Waals surface area contributed by atoms with Gasteiger partial charge in [0.15, 0.2) is 16.6 Å². The normalized spacial score (nSPS) is 21.4. The number of nitrogens with one attached hydrogen (secondary N) is 1. The first-order chi connectivity index (χ1) is 24.7. The standard InChI is InChI=1S/C33H25F3N6O8S2/c34-33(35,36)52(47,48)49-22-16-21-17-31(21)25(28(44)42(31)24(22)29(45)46)38-27(43)23(26-39-30(37)51-41-26)40-50-32(18-10-4-1-5-11-18,19-12-6-2-7-13-19)20-14-8-3-9-15-20/h1-15,21,25H,16-17H2,(H,38,43)(H,45,46)(H2,37,39,41)/b40-23-/t21-,25-,31?/m1/s1. The first-order valence-corrected chi connectivity index (χ1v) is 17.5. The summed E-state index contributed by atoms with van der Waals surface area (Å²) in [5.74, 6) is -5.98. The minimum absolute atomic E-state index is 0.0173. The van der Waals surface area contributed by atoms with Gasteiger partial charge in [0.25, 0.3) is 11.8 Å². The molecule has 2 amide bonds. The molecule has 1 aliphatic carbocycles. The Morgan fingerprint density at radius 3 is 1.98 bits per heavy atom. The zero-order chi connectivity index (χ0) is 37.1. The number of benzene rings is 3. The van der Waals surface area contributed by atoms with E-state index in [1.165, 1.54) is 0 Å². The maximum atomic E-state index is 14.1. The second-order valence-corrected chi connectivity index (χ2v) is 14.3. The predicted octanol–water partition coefficient (Wildman–Crippen LogP) is 3.48. The Bertz CT molecular complexity index is 2160. The molecule has 0 radical (unpaired) electrons. The molecule has 3 heterocycles. The third-order valence-electron chi connectivity index (χ3n) is 9.08. The number of oxime groups is 1. The smallest absolute Gasteiger partial charge is 0.476 e. The van der Waals surface area contributed by atoms with Crippen molar-refractivity contribution < 1.29 is 50.1 Å². The lowest BCUT2D eigenvalue weighted by molar-refractivity contribution is -0.159. The van der Waals surface area contributed by atoms with Crippen molar-refractivity contribution in [3.8, 4) is 0 Å². The largest absolute Gasteiger partial charge is 0.534 e. The van der Waals surface area contributed by atoms with Gasteiger partial charge in [0, 0.05) is 34.6 Å². The van der Waals surface area contributed by atoms with Crippen molar-refractivity contribution in [3.63, 3.8) is 0 Å². The highest BCUT2D eigenvalue weighted by atomic mass is 32.2. The zero-order valence-corrected chi connectivity index (χ0v) is 28.0. The fourth-order valence-electron chi connectivity index (χ4n) is 6.75. The number of anilines is 1. The van der Waals surface area contributed by atoms with Crippen molar-refractivity contribution >= 4 is 50.3 Å². The average Bonchev–Trinajstić information content (AvgIpc) is 3.72. The number of β-lactam (4-membered cyclic amide) rings is 1. The molecule has 0 bridgehead atoms. The van der Waals surface area contributed by atoms with Crippen molar-refractivity contribution in [1.29, 1.82) is 0 Å². The van der Waals surface area contributed by atoms with Crippen LogP contribution in [0.1, 0.15) is 35.4 Å². The lowest BCUT2D eigenvalue weighted by Gasteiger charge is -2.50. The number of allylic oxidation sites excluding steroid dienone is 1. The van der Waals surface area contributed by atoms with Crippen molar-refractivity contribution in [3.05, 3.63) is 125 Å². The van der Waals surface area contributed by atoms with Crippen LogP contribution < -0.4 is 11.1 Å². The molecular formula is C33H25F3N6O8S2. The first-order valence-electron chi connectivity index (χ1n) is 15.3. The molecule has 2 fully saturated rings. The summed E-state index contributed by atoms with van der Waals surface area (Å²) >= 11 is 0.758. The van der Waals surface area contributed by atoms with E-state index >= 15 is 0 Å². The Labute approximate surface area is 296 Å². The van der Waals surface area contributed by atoms with Gasteiger partial charge in [-0.1, -0.05) is 96.2 Å². The van der Waals surface area contributed by atoms with Gasteiger partial charge in [-0.25, -0.2) is 4.79 Å². The molecule has 1 saturated carbocycles. The third-order valence-corrected chi connectivity index (χ3v) is 10.6. The zero-order valence-electron chi connectivity index (χ0n) is 26.4. The van der Waals surface area contributed by atoms with Gasteiger partial charge in [-0.3, -0.25) is 14.5 Å². The lowest BCUT2D eigenvalue weighted by atomic mass is 9.80. The lowest BCUT2D eigenvalue weighted by Crippen LogP contribution is -2.75. The summed E-state index contributed by atoms with van der Waals surface area (Å²) in [6.45, 7) is 0. The van der Waals surface area contributed by atoms with Gasteiger partial charge >= 0.3 is 21.6 Å². The minimum Gasteiger partial charge on any atom is -0.476 e. The van der Waals surface area contributed by atoms with Crippen molar-refractivity contribution in [2.24, 2.45) is 11.1 Å². The molecule has 4 N–H and O–H groups in total. The number of rotatable bonds is 11. The van der Waals surface area contributed by atoms with Crippen LogP contribution in [0.3, 0.4) is 0 Å². The Balaban J connectivity index is 1.26. The third kappa shape index (κ3) is 5.52. The van der Waals surface area contributed by atoms with Crippen LogP contribution in [0.25, 0.3) is 0 Å². The number of alkyl halides is 3. The van der Waals surface area contributed by atoms with Gasteiger partial charge in [0.05, 0.1) is 5.54 Å². The molecule has 268 valence electrons. The first kappa shape index (κ1) is 34.6. The van der Waals surface area contributed by atoms with Crippen LogP contribution in [0, 0.1) is 5.92 Å². The van der Waals surface area contributed by atoms with Crippen LogP contribution in [0.5, 0.6) is 0 Å². The number of carbonyl (C=O) groups excluding carboxylic acids is 2. The maximum Gasteiger partial charge on any atom is 0.534 e. The van der Waals surface area contributed by atoms with Crippen LogP contribution in [0.2, 0.25) is 0 Å². The van der Waals surface area contributed by atoms with E-state index in [1.54, 1.807) is 36.4 Å². The molecule has 3 aromatic carbocycles. The Morgan fingerprint density at radius 2 is 1.52 bits per heavy atom. The molecule has 52 heavy (non-hydrogen) atoms.